The Hall–Kier alpha value is -6.84. The summed E-state index contributed by atoms with van der Waals surface area (Å²) in [5, 5.41) is 11.5. The number of furan rings is 3. The van der Waals surface area contributed by atoms with Gasteiger partial charge >= 0.3 is 0 Å². The van der Waals surface area contributed by atoms with Gasteiger partial charge in [0.05, 0.1) is 12.5 Å². The average Bonchev–Trinajstić information content (AvgIpc) is 3.98. The number of hydrogen-bond acceptors (Lipinski definition) is 3. The molecule has 0 atom stereocenters. The van der Waals surface area contributed by atoms with Crippen LogP contribution in [0.4, 0.5) is 0 Å². The summed E-state index contributed by atoms with van der Waals surface area (Å²) in [6.45, 7) is 0. The number of benzene rings is 8. The van der Waals surface area contributed by atoms with E-state index >= 15 is 0 Å². The van der Waals surface area contributed by atoms with Crippen LogP contribution in [-0.2, 0) is 0 Å². The van der Waals surface area contributed by atoms with Crippen molar-refractivity contribution >= 4 is 65.0 Å². The van der Waals surface area contributed by atoms with Crippen molar-refractivity contribution in [2.75, 3.05) is 0 Å². The Morgan fingerprint density at radius 2 is 0.765 bits per heavy atom. The van der Waals surface area contributed by atoms with Crippen LogP contribution in [0.15, 0.2) is 184 Å². The number of hydrogen-bond donors (Lipinski definition) is 0. The molecule has 11 aromatic rings. The lowest BCUT2D eigenvalue weighted by Crippen LogP contribution is -1.90. The highest BCUT2D eigenvalue weighted by Crippen LogP contribution is 2.48. The predicted molar refractivity (Wildman–Crippen MR) is 210 cm³/mol. The molecule has 3 aromatic heterocycles. The summed E-state index contributed by atoms with van der Waals surface area (Å²) in [5.74, 6) is 1.73. The molecule has 11 rings (SSSR count). The lowest BCUT2D eigenvalue weighted by molar-refractivity contribution is 0.583. The molecule has 3 heterocycles. The lowest BCUT2D eigenvalue weighted by Gasteiger charge is -2.16. The fourth-order valence-corrected chi connectivity index (χ4v) is 8.38. The summed E-state index contributed by atoms with van der Waals surface area (Å²) in [5.41, 5.74) is 8.49. The molecule has 3 heteroatoms. The standard InChI is InChI=1S/C48H28O3/c1-5-16-35-31(12-1)44(32-13-2-6-17-36(32)46(35)41-22-10-26-49-41)29-24-25-30-39-20-9-21-40(48(39)51-43(30)28-29)45-33-14-3-7-18-37(33)47(42-23-11-27-50-42)38-19-8-4-15-34(38)45/h1-28H. The first-order valence-corrected chi connectivity index (χ1v) is 17.2. The van der Waals surface area contributed by atoms with Gasteiger partial charge in [0.1, 0.15) is 22.7 Å². The zero-order valence-electron chi connectivity index (χ0n) is 27.4. The molecule has 0 aliphatic heterocycles. The SMILES string of the molecule is c1coc(-c2c3ccccc3c(-c3ccc4c(c3)oc3c(-c5c6ccccc6c(-c6ccco6)c6ccccc56)cccc34)c3ccccc23)c1. The predicted octanol–water partition coefficient (Wildman–Crippen LogP) is 14.1. The molecule has 3 nitrogen and oxygen atoms in total. The number of fused-ring (bicyclic) bond motifs is 7. The van der Waals surface area contributed by atoms with E-state index in [1.165, 1.54) is 16.3 Å². The minimum absolute atomic E-state index is 0.860. The third-order valence-electron chi connectivity index (χ3n) is 10.5. The summed E-state index contributed by atoms with van der Waals surface area (Å²) < 4.78 is 18.9. The maximum absolute atomic E-state index is 6.97. The molecule has 0 amide bonds. The van der Waals surface area contributed by atoms with Crippen molar-refractivity contribution in [3.8, 4) is 44.9 Å². The second-order valence-electron chi connectivity index (χ2n) is 13.1. The van der Waals surface area contributed by atoms with Crippen LogP contribution >= 0.6 is 0 Å². The van der Waals surface area contributed by atoms with Crippen LogP contribution in [0, 0.1) is 0 Å². The first-order chi connectivity index (χ1) is 25.3. The van der Waals surface area contributed by atoms with Crippen LogP contribution < -0.4 is 0 Å². The first kappa shape index (κ1) is 28.0. The van der Waals surface area contributed by atoms with Gasteiger partial charge in [0.25, 0.3) is 0 Å². The molecule has 0 saturated heterocycles. The maximum atomic E-state index is 6.97. The van der Waals surface area contributed by atoms with Gasteiger partial charge in [-0.15, -0.1) is 0 Å². The Bertz CT molecular complexity index is 3010. The largest absolute Gasteiger partial charge is 0.464 e. The molecule has 0 bridgehead atoms. The van der Waals surface area contributed by atoms with E-state index in [9.17, 15) is 0 Å². The maximum Gasteiger partial charge on any atom is 0.143 e. The van der Waals surface area contributed by atoms with Crippen molar-refractivity contribution in [2.24, 2.45) is 0 Å². The molecule has 0 N–H and O–H groups in total. The molecular weight excluding hydrogens is 625 g/mol. The Labute approximate surface area is 292 Å². The van der Waals surface area contributed by atoms with E-state index in [0.717, 1.165) is 93.6 Å². The number of para-hydroxylation sites is 1. The van der Waals surface area contributed by atoms with Gasteiger partial charge in [-0.05, 0) is 90.6 Å². The zero-order valence-corrected chi connectivity index (χ0v) is 27.4. The summed E-state index contributed by atoms with van der Waals surface area (Å²) in [6.07, 6.45) is 3.49. The Morgan fingerprint density at radius 3 is 1.24 bits per heavy atom. The molecule has 0 fully saturated rings. The van der Waals surface area contributed by atoms with Crippen molar-refractivity contribution in [1.29, 1.82) is 0 Å². The molecule has 8 aromatic carbocycles. The van der Waals surface area contributed by atoms with E-state index in [1.54, 1.807) is 12.5 Å². The molecule has 0 aliphatic carbocycles. The minimum Gasteiger partial charge on any atom is -0.464 e. The van der Waals surface area contributed by atoms with Gasteiger partial charge < -0.3 is 13.3 Å². The van der Waals surface area contributed by atoms with E-state index in [-0.39, 0.29) is 0 Å². The van der Waals surface area contributed by atoms with Crippen molar-refractivity contribution in [2.45, 2.75) is 0 Å². The lowest BCUT2D eigenvalue weighted by atomic mass is 9.87. The number of rotatable bonds is 4. The normalized spacial score (nSPS) is 11.9. The zero-order chi connectivity index (χ0) is 33.5. The Kier molecular flexibility index (Phi) is 5.96. The van der Waals surface area contributed by atoms with Gasteiger partial charge in [-0.1, -0.05) is 121 Å². The quantitative estimate of drug-likeness (QED) is 0.178. The summed E-state index contributed by atoms with van der Waals surface area (Å²) >= 11 is 0. The van der Waals surface area contributed by atoms with Gasteiger partial charge in [-0.3, -0.25) is 0 Å². The van der Waals surface area contributed by atoms with Crippen LogP contribution in [0.25, 0.3) is 110 Å². The smallest absolute Gasteiger partial charge is 0.143 e. The average molecular weight is 653 g/mol. The molecule has 0 saturated carbocycles. The highest BCUT2D eigenvalue weighted by Gasteiger charge is 2.22. The van der Waals surface area contributed by atoms with E-state index in [1.807, 2.05) is 24.3 Å². The van der Waals surface area contributed by atoms with Crippen molar-refractivity contribution in [3.05, 3.63) is 170 Å². The molecule has 0 unspecified atom stereocenters. The highest BCUT2D eigenvalue weighted by molar-refractivity contribution is 6.25. The summed E-state index contributed by atoms with van der Waals surface area (Å²) in [6, 6.07) is 55.7. The van der Waals surface area contributed by atoms with Gasteiger partial charge in [0.15, 0.2) is 0 Å². The van der Waals surface area contributed by atoms with Crippen LogP contribution in [0.2, 0.25) is 0 Å². The van der Waals surface area contributed by atoms with Gasteiger partial charge in [-0.2, -0.15) is 0 Å². The fraction of sp³-hybridized carbons (Fsp3) is 0. The molecule has 238 valence electrons. The first-order valence-electron chi connectivity index (χ1n) is 17.2. The Morgan fingerprint density at radius 1 is 0.314 bits per heavy atom. The second kappa shape index (κ2) is 10.8. The molecule has 0 radical (unpaired) electrons. The third kappa shape index (κ3) is 4.06. The summed E-state index contributed by atoms with van der Waals surface area (Å²) in [7, 11) is 0. The fourth-order valence-electron chi connectivity index (χ4n) is 8.38. The van der Waals surface area contributed by atoms with E-state index in [0.29, 0.717) is 0 Å². The summed E-state index contributed by atoms with van der Waals surface area (Å²) in [4.78, 5) is 0. The van der Waals surface area contributed by atoms with E-state index in [4.69, 9.17) is 13.3 Å². The molecular formula is C48H28O3. The third-order valence-corrected chi connectivity index (χ3v) is 10.5. The van der Waals surface area contributed by atoms with Crippen molar-refractivity contribution < 1.29 is 13.3 Å². The highest BCUT2D eigenvalue weighted by atomic mass is 16.3. The van der Waals surface area contributed by atoms with Crippen LogP contribution in [-0.4, -0.2) is 0 Å². The van der Waals surface area contributed by atoms with Gasteiger partial charge in [-0.25, -0.2) is 0 Å². The second-order valence-corrected chi connectivity index (χ2v) is 13.1. The molecule has 51 heavy (non-hydrogen) atoms. The van der Waals surface area contributed by atoms with Crippen LogP contribution in [0.3, 0.4) is 0 Å². The Balaban J connectivity index is 1.18. The van der Waals surface area contributed by atoms with Crippen molar-refractivity contribution in [3.63, 3.8) is 0 Å². The van der Waals surface area contributed by atoms with E-state index < -0.39 is 0 Å². The minimum atomic E-state index is 0.860. The monoisotopic (exact) mass is 652 g/mol. The van der Waals surface area contributed by atoms with Crippen LogP contribution in [0.5, 0.6) is 0 Å². The molecule has 0 aliphatic rings. The van der Waals surface area contributed by atoms with Crippen LogP contribution in [0.1, 0.15) is 0 Å². The van der Waals surface area contributed by atoms with Crippen molar-refractivity contribution in [1.82, 2.24) is 0 Å². The van der Waals surface area contributed by atoms with Gasteiger partial charge in [0.2, 0.25) is 0 Å². The molecule has 0 spiro atoms. The van der Waals surface area contributed by atoms with E-state index in [2.05, 4.69) is 133 Å². The topological polar surface area (TPSA) is 39.4 Å². The van der Waals surface area contributed by atoms with Gasteiger partial charge in [0, 0.05) is 33.0 Å².